The molecule has 0 aliphatic carbocycles. The zero-order valence-corrected chi connectivity index (χ0v) is 10.5. The van der Waals surface area contributed by atoms with Crippen molar-refractivity contribution in [1.82, 2.24) is 9.88 Å². The Morgan fingerprint density at radius 2 is 2.38 bits per heavy atom. The average molecular weight is 243 g/mol. The lowest BCUT2D eigenvalue weighted by Gasteiger charge is -2.15. The molecule has 1 atom stereocenters. The van der Waals surface area contributed by atoms with Gasteiger partial charge in [-0.05, 0) is 34.0 Å². The van der Waals surface area contributed by atoms with E-state index >= 15 is 0 Å². The third kappa shape index (κ3) is 4.16. The molecular formula is C10H17N3O2S. The minimum atomic E-state index is -0.925. The molecule has 0 fully saturated rings. The summed E-state index contributed by atoms with van der Waals surface area (Å²) >= 11 is 1.17. The van der Waals surface area contributed by atoms with Crippen molar-refractivity contribution in [3.63, 3.8) is 0 Å². The van der Waals surface area contributed by atoms with Gasteiger partial charge in [0.25, 0.3) is 0 Å². The van der Waals surface area contributed by atoms with E-state index in [1.165, 1.54) is 17.5 Å². The van der Waals surface area contributed by atoms with Crippen molar-refractivity contribution in [2.24, 2.45) is 0 Å². The molecule has 0 bridgehead atoms. The molecule has 1 rings (SSSR count). The number of carboxylic acid groups (broad SMARTS) is 1. The summed E-state index contributed by atoms with van der Waals surface area (Å²) in [7, 11) is 4.05. The average Bonchev–Trinajstić information content (AvgIpc) is 2.63. The highest BCUT2D eigenvalue weighted by Crippen LogP contribution is 2.19. The van der Waals surface area contributed by atoms with Crippen LogP contribution >= 0.6 is 11.3 Å². The molecule has 5 nitrogen and oxygen atoms in total. The Bertz CT molecular complexity index is 352. The van der Waals surface area contributed by atoms with Crippen LogP contribution in [0.4, 0.5) is 5.13 Å². The number of hydrogen-bond acceptors (Lipinski definition) is 5. The van der Waals surface area contributed by atoms with E-state index < -0.39 is 5.97 Å². The molecule has 90 valence electrons. The quantitative estimate of drug-likeness (QED) is 0.794. The van der Waals surface area contributed by atoms with Gasteiger partial charge in [0.15, 0.2) is 5.13 Å². The van der Waals surface area contributed by atoms with E-state index in [1.807, 2.05) is 14.1 Å². The number of anilines is 1. The third-order valence-corrected chi connectivity index (χ3v) is 3.01. The fourth-order valence-electron chi connectivity index (χ4n) is 1.17. The lowest BCUT2D eigenvalue weighted by Crippen LogP contribution is -2.22. The number of rotatable bonds is 6. The SMILES string of the molecule is CC(CCN(C)C)Nc1ncc(C(=O)O)s1. The fourth-order valence-corrected chi connectivity index (χ4v) is 1.94. The molecule has 0 aliphatic heterocycles. The maximum Gasteiger partial charge on any atom is 0.347 e. The third-order valence-electron chi connectivity index (χ3n) is 2.10. The second-order valence-corrected chi connectivity index (χ2v) is 5.00. The summed E-state index contributed by atoms with van der Waals surface area (Å²) in [6, 6.07) is 0.287. The number of hydrogen-bond donors (Lipinski definition) is 2. The summed E-state index contributed by atoms with van der Waals surface area (Å²) in [5.74, 6) is -0.925. The molecule has 0 amide bonds. The van der Waals surface area contributed by atoms with Gasteiger partial charge < -0.3 is 15.3 Å². The number of nitrogens with zero attached hydrogens (tertiary/aromatic N) is 2. The Balaban J connectivity index is 2.43. The van der Waals surface area contributed by atoms with Gasteiger partial charge in [0.05, 0.1) is 6.20 Å². The highest BCUT2D eigenvalue weighted by molar-refractivity contribution is 7.17. The number of aromatic nitrogens is 1. The first-order valence-electron chi connectivity index (χ1n) is 5.09. The maximum atomic E-state index is 10.7. The van der Waals surface area contributed by atoms with E-state index in [0.717, 1.165) is 13.0 Å². The van der Waals surface area contributed by atoms with Crippen LogP contribution in [0.5, 0.6) is 0 Å². The van der Waals surface area contributed by atoms with Crippen molar-refractivity contribution in [2.45, 2.75) is 19.4 Å². The van der Waals surface area contributed by atoms with E-state index in [4.69, 9.17) is 5.11 Å². The number of carboxylic acids is 1. The monoisotopic (exact) mass is 243 g/mol. The van der Waals surface area contributed by atoms with E-state index in [2.05, 4.69) is 22.1 Å². The van der Waals surface area contributed by atoms with Gasteiger partial charge in [-0.15, -0.1) is 0 Å². The molecule has 1 aromatic rings. The van der Waals surface area contributed by atoms with Crippen LogP contribution in [0.25, 0.3) is 0 Å². The maximum absolute atomic E-state index is 10.7. The van der Waals surface area contributed by atoms with Gasteiger partial charge in [0.1, 0.15) is 4.88 Å². The van der Waals surface area contributed by atoms with Gasteiger partial charge in [-0.25, -0.2) is 9.78 Å². The number of thiazole rings is 1. The second kappa shape index (κ2) is 5.81. The van der Waals surface area contributed by atoms with Gasteiger partial charge in [-0.2, -0.15) is 0 Å². The molecule has 0 saturated heterocycles. The first kappa shape index (κ1) is 12.9. The van der Waals surface area contributed by atoms with Crippen molar-refractivity contribution in [1.29, 1.82) is 0 Å². The summed E-state index contributed by atoms with van der Waals surface area (Å²) in [5.41, 5.74) is 0. The van der Waals surface area contributed by atoms with Crippen LogP contribution in [0.2, 0.25) is 0 Å². The first-order chi connectivity index (χ1) is 7.49. The van der Waals surface area contributed by atoms with Crippen molar-refractivity contribution >= 4 is 22.4 Å². The molecule has 1 heterocycles. The van der Waals surface area contributed by atoms with Crippen molar-refractivity contribution < 1.29 is 9.90 Å². The highest BCUT2D eigenvalue weighted by atomic mass is 32.1. The Kier molecular flexibility index (Phi) is 4.70. The lowest BCUT2D eigenvalue weighted by atomic mass is 10.2. The van der Waals surface area contributed by atoms with Gasteiger partial charge >= 0.3 is 5.97 Å². The topological polar surface area (TPSA) is 65.5 Å². The molecule has 2 N–H and O–H groups in total. The predicted molar refractivity (Wildman–Crippen MR) is 65.3 cm³/mol. The van der Waals surface area contributed by atoms with Crippen LogP contribution in [0, 0.1) is 0 Å². The van der Waals surface area contributed by atoms with Gasteiger partial charge in [-0.1, -0.05) is 11.3 Å². The number of aromatic carboxylic acids is 1. The van der Waals surface area contributed by atoms with Crippen molar-refractivity contribution in [2.75, 3.05) is 26.0 Å². The van der Waals surface area contributed by atoms with E-state index in [-0.39, 0.29) is 10.9 Å². The van der Waals surface area contributed by atoms with Gasteiger partial charge in [-0.3, -0.25) is 0 Å². The molecule has 0 aliphatic rings. The van der Waals surface area contributed by atoms with Crippen LogP contribution < -0.4 is 5.32 Å². The largest absolute Gasteiger partial charge is 0.477 e. The molecule has 0 radical (unpaired) electrons. The summed E-state index contributed by atoms with van der Waals surface area (Å²) in [6.45, 7) is 3.05. The smallest absolute Gasteiger partial charge is 0.347 e. The van der Waals surface area contributed by atoms with Gasteiger partial charge in [0.2, 0.25) is 0 Å². The molecule has 0 spiro atoms. The lowest BCUT2D eigenvalue weighted by molar-refractivity contribution is 0.0702. The molecule has 0 aromatic carbocycles. The minimum absolute atomic E-state index is 0.266. The van der Waals surface area contributed by atoms with Crippen LogP contribution in [0.15, 0.2) is 6.20 Å². The molecule has 16 heavy (non-hydrogen) atoms. The molecule has 1 unspecified atom stereocenters. The standard InChI is InChI=1S/C10H17N3O2S/c1-7(4-5-13(2)3)12-10-11-6-8(16-10)9(14)15/h6-7H,4-5H2,1-3H3,(H,11,12)(H,14,15). The Morgan fingerprint density at radius 1 is 1.69 bits per heavy atom. The normalized spacial score (nSPS) is 12.8. The summed E-state index contributed by atoms with van der Waals surface area (Å²) < 4.78 is 0. The van der Waals surface area contributed by atoms with Crippen LogP contribution in [-0.4, -0.2) is 47.6 Å². The zero-order chi connectivity index (χ0) is 12.1. The van der Waals surface area contributed by atoms with Gasteiger partial charge in [0, 0.05) is 6.04 Å². The highest BCUT2D eigenvalue weighted by Gasteiger charge is 2.10. The summed E-state index contributed by atoms with van der Waals surface area (Å²) in [5, 5.41) is 12.6. The van der Waals surface area contributed by atoms with Crippen LogP contribution in [0.3, 0.4) is 0 Å². The van der Waals surface area contributed by atoms with E-state index in [1.54, 1.807) is 0 Å². The van der Waals surface area contributed by atoms with Crippen molar-refractivity contribution in [3.8, 4) is 0 Å². The molecule has 6 heteroatoms. The fraction of sp³-hybridized carbons (Fsp3) is 0.600. The second-order valence-electron chi connectivity index (χ2n) is 3.97. The summed E-state index contributed by atoms with van der Waals surface area (Å²) in [6.07, 6.45) is 2.38. The number of carbonyl (C=O) groups is 1. The zero-order valence-electron chi connectivity index (χ0n) is 9.73. The minimum Gasteiger partial charge on any atom is -0.477 e. The van der Waals surface area contributed by atoms with Crippen LogP contribution in [0.1, 0.15) is 23.0 Å². The van der Waals surface area contributed by atoms with E-state index in [0.29, 0.717) is 5.13 Å². The Hall–Kier alpha value is -1.14. The number of nitrogens with one attached hydrogen (secondary N) is 1. The molecule has 1 aromatic heterocycles. The molecule has 0 saturated carbocycles. The van der Waals surface area contributed by atoms with E-state index in [9.17, 15) is 4.79 Å². The Morgan fingerprint density at radius 3 is 2.88 bits per heavy atom. The predicted octanol–water partition coefficient (Wildman–Crippen LogP) is 1.59. The summed E-state index contributed by atoms with van der Waals surface area (Å²) in [4.78, 5) is 17.0. The molecular weight excluding hydrogens is 226 g/mol. The van der Waals surface area contributed by atoms with Crippen molar-refractivity contribution in [3.05, 3.63) is 11.1 Å². The Labute approximate surface area is 99.1 Å². The first-order valence-corrected chi connectivity index (χ1v) is 5.91. The van der Waals surface area contributed by atoms with Crippen LogP contribution in [-0.2, 0) is 0 Å².